The van der Waals surface area contributed by atoms with Gasteiger partial charge in [0.05, 0.1) is 0 Å². The van der Waals surface area contributed by atoms with Crippen molar-refractivity contribution >= 4 is 17.9 Å². The van der Waals surface area contributed by atoms with E-state index in [-0.39, 0.29) is 31.6 Å². The van der Waals surface area contributed by atoms with E-state index in [1.165, 1.54) is 103 Å². The molecule has 0 spiro atoms. The Balaban J connectivity index is 4.53. The van der Waals surface area contributed by atoms with Crippen LogP contribution in [0.25, 0.3) is 0 Å². The number of ether oxygens (including phenoxy) is 3. The summed E-state index contributed by atoms with van der Waals surface area (Å²) in [5, 5.41) is 0. The Kier molecular flexibility index (Phi) is 59.9. The summed E-state index contributed by atoms with van der Waals surface area (Å²) in [6.45, 7) is 6.34. The lowest BCUT2D eigenvalue weighted by Gasteiger charge is -2.18. The molecule has 0 amide bonds. The number of esters is 3. The van der Waals surface area contributed by atoms with Crippen molar-refractivity contribution in [2.24, 2.45) is 0 Å². The minimum atomic E-state index is -0.833. The maximum Gasteiger partial charge on any atom is 0.306 e. The van der Waals surface area contributed by atoms with E-state index in [9.17, 15) is 14.4 Å². The third-order valence-corrected chi connectivity index (χ3v) is 12.8. The minimum absolute atomic E-state index is 0.119. The van der Waals surface area contributed by atoms with Gasteiger partial charge in [-0.3, -0.25) is 14.4 Å². The molecule has 1 atom stereocenters. The molecule has 0 rings (SSSR count). The number of rotatable bonds is 55. The SMILES string of the molecule is CC/C=C\C/C=C\C/C=C\C/C=C\C/C=C\C/C=C\CCC(=O)OC(COC(=O)CCCCCCCCC/C=C\C/C=C\C/C=C\C/C=C\C/C=C\CC)COC(=O)CCCCCCCCC/C=C\CCCCCCCC. The maximum atomic E-state index is 12.9. The molecule has 0 bridgehead atoms. The van der Waals surface area contributed by atoms with Crippen molar-refractivity contribution in [3.63, 3.8) is 0 Å². The average molecular weight is 1060 g/mol. The smallest absolute Gasteiger partial charge is 0.306 e. The van der Waals surface area contributed by atoms with Crippen molar-refractivity contribution in [2.75, 3.05) is 13.2 Å². The Morgan fingerprint density at radius 3 is 0.857 bits per heavy atom. The van der Waals surface area contributed by atoms with Crippen LogP contribution in [-0.4, -0.2) is 37.2 Å². The van der Waals surface area contributed by atoms with Crippen LogP contribution >= 0.6 is 0 Å². The molecule has 434 valence electrons. The number of allylic oxidation sites excluding steroid dienone is 24. The molecule has 6 nitrogen and oxygen atoms in total. The number of carbonyl (C=O) groups is 3. The van der Waals surface area contributed by atoms with Gasteiger partial charge in [0.25, 0.3) is 0 Å². The van der Waals surface area contributed by atoms with Gasteiger partial charge >= 0.3 is 17.9 Å². The summed E-state index contributed by atoms with van der Waals surface area (Å²) in [5.74, 6) is -1.02. The van der Waals surface area contributed by atoms with Gasteiger partial charge in [-0.15, -0.1) is 0 Å². The molecule has 0 saturated carbocycles. The zero-order valence-corrected chi connectivity index (χ0v) is 49.7. The van der Waals surface area contributed by atoms with Gasteiger partial charge in [-0.1, -0.05) is 263 Å². The van der Waals surface area contributed by atoms with Gasteiger partial charge in [-0.05, 0) is 128 Å². The van der Waals surface area contributed by atoms with Crippen molar-refractivity contribution in [1.82, 2.24) is 0 Å². The van der Waals surface area contributed by atoms with Gasteiger partial charge in [-0.25, -0.2) is 0 Å². The van der Waals surface area contributed by atoms with Crippen LogP contribution in [0, 0.1) is 0 Å². The first-order valence-corrected chi connectivity index (χ1v) is 31.3. The lowest BCUT2D eigenvalue weighted by molar-refractivity contribution is -0.166. The van der Waals surface area contributed by atoms with Gasteiger partial charge in [-0.2, -0.15) is 0 Å². The summed E-state index contributed by atoms with van der Waals surface area (Å²) in [6.07, 6.45) is 91.4. The van der Waals surface area contributed by atoms with Crippen molar-refractivity contribution in [1.29, 1.82) is 0 Å². The third-order valence-electron chi connectivity index (χ3n) is 12.8. The zero-order valence-electron chi connectivity index (χ0n) is 49.7. The number of carbonyl (C=O) groups excluding carboxylic acids is 3. The number of hydrogen-bond donors (Lipinski definition) is 0. The molecule has 0 aliphatic heterocycles. The molecule has 6 heteroatoms. The van der Waals surface area contributed by atoms with E-state index in [0.717, 1.165) is 116 Å². The molecular weight excluding hydrogens is 949 g/mol. The van der Waals surface area contributed by atoms with Gasteiger partial charge in [0, 0.05) is 19.3 Å². The standard InChI is InChI=1S/C71H114O6/c1-4-7-10-13-16-19-22-25-28-31-33-34-35-36-38-40-43-46-49-52-55-58-61-64-70(73)76-67-68(66-75-69(72)63-60-57-54-51-48-45-42-39-30-27-24-21-18-15-12-9-6-3)77-71(74)65-62-59-56-53-50-47-44-41-37-32-29-26-23-20-17-14-11-8-5-2/h7-8,10-11,16-17,19-20,25-30,33-34,36-38,41,47,50,56,59,68H,4-6,9,12-15,18,21-24,31-32,35,39-40,42-46,48-49,51-55,57-58,60-67H2,1-3H3/b10-7-,11-8-,19-16-,20-17-,28-25-,29-26-,30-27-,34-33-,38-36-,41-37-,50-47-,59-56-. The fraction of sp³-hybridized carbons (Fsp3) is 0.620. The third kappa shape index (κ3) is 62.0. The maximum absolute atomic E-state index is 12.9. The molecule has 0 radical (unpaired) electrons. The molecule has 0 N–H and O–H groups in total. The van der Waals surface area contributed by atoms with Gasteiger partial charge in [0.15, 0.2) is 6.10 Å². The monoisotopic (exact) mass is 1060 g/mol. The van der Waals surface area contributed by atoms with Crippen molar-refractivity contribution < 1.29 is 28.6 Å². The minimum Gasteiger partial charge on any atom is -0.462 e. The van der Waals surface area contributed by atoms with Crippen LogP contribution in [0.1, 0.15) is 265 Å². The van der Waals surface area contributed by atoms with Crippen LogP contribution < -0.4 is 0 Å². The first-order valence-electron chi connectivity index (χ1n) is 31.3. The molecular formula is C71H114O6. The van der Waals surface area contributed by atoms with Gasteiger partial charge < -0.3 is 14.2 Å². The lowest BCUT2D eigenvalue weighted by atomic mass is 10.1. The van der Waals surface area contributed by atoms with Crippen LogP contribution in [0.15, 0.2) is 146 Å². The number of hydrogen-bond acceptors (Lipinski definition) is 6. The number of unbranched alkanes of at least 4 members (excludes halogenated alkanes) is 20. The highest BCUT2D eigenvalue weighted by molar-refractivity contribution is 5.71. The summed E-state index contributed by atoms with van der Waals surface area (Å²) >= 11 is 0. The molecule has 0 aromatic carbocycles. The van der Waals surface area contributed by atoms with E-state index in [4.69, 9.17) is 14.2 Å². The van der Waals surface area contributed by atoms with Gasteiger partial charge in [0.2, 0.25) is 0 Å². The van der Waals surface area contributed by atoms with Crippen molar-refractivity contribution in [3.05, 3.63) is 146 Å². The summed E-state index contributed by atoms with van der Waals surface area (Å²) < 4.78 is 16.8. The Hall–Kier alpha value is -4.71. The normalized spacial score (nSPS) is 13.1. The van der Waals surface area contributed by atoms with Crippen molar-refractivity contribution in [2.45, 2.75) is 271 Å². The Labute approximate surface area is 474 Å². The fourth-order valence-corrected chi connectivity index (χ4v) is 8.20. The predicted molar refractivity (Wildman–Crippen MR) is 334 cm³/mol. The van der Waals surface area contributed by atoms with Crippen molar-refractivity contribution in [3.8, 4) is 0 Å². The lowest BCUT2D eigenvalue weighted by Crippen LogP contribution is -2.30. The largest absolute Gasteiger partial charge is 0.462 e. The zero-order chi connectivity index (χ0) is 55.7. The molecule has 0 fully saturated rings. The molecule has 0 aliphatic rings. The van der Waals surface area contributed by atoms with Gasteiger partial charge in [0.1, 0.15) is 13.2 Å². The second kappa shape index (κ2) is 63.8. The summed E-state index contributed by atoms with van der Waals surface area (Å²) in [4.78, 5) is 38.3. The first kappa shape index (κ1) is 72.3. The molecule has 0 aliphatic carbocycles. The molecule has 77 heavy (non-hydrogen) atoms. The van der Waals surface area contributed by atoms with E-state index < -0.39 is 12.1 Å². The Morgan fingerprint density at radius 1 is 0.273 bits per heavy atom. The van der Waals surface area contributed by atoms with Crippen LogP contribution in [-0.2, 0) is 28.6 Å². The Bertz CT molecular complexity index is 1700. The molecule has 0 heterocycles. The van der Waals surface area contributed by atoms with Crippen LogP contribution in [0.2, 0.25) is 0 Å². The highest BCUT2D eigenvalue weighted by Crippen LogP contribution is 2.14. The van der Waals surface area contributed by atoms with Crippen LogP contribution in [0.5, 0.6) is 0 Å². The predicted octanol–water partition coefficient (Wildman–Crippen LogP) is 21.5. The fourth-order valence-electron chi connectivity index (χ4n) is 8.20. The van der Waals surface area contributed by atoms with E-state index in [2.05, 4.69) is 161 Å². The molecule has 0 aromatic heterocycles. The average Bonchev–Trinajstić information content (AvgIpc) is 3.43. The van der Waals surface area contributed by atoms with E-state index in [0.29, 0.717) is 19.3 Å². The molecule has 1 unspecified atom stereocenters. The first-order chi connectivity index (χ1) is 38.0. The van der Waals surface area contributed by atoms with Crippen LogP contribution in [0.4, 0.5) is 0 Å². The second-order valence-corrected chi connectivity index (χ2v) is 20.2. The highest BCUT2D eigenvalue weighted by atomic mass is 16.6. The summed E-state index contributed by atoms with van der Waals surface area (Å²) in [6, 6.07) is 0. The Morgan fingerprint density at radius 2 is 0.532 bits per heavy atom. The molecule has 0 saturated heterocycles. The molecule has 0 aromatic rings. The topological polar surface area (TPSA) is 78.9 Å². The summed E-state index contributed by atoms with van der Waals surface area (Å²) in [5.41, 5.74) is 0. The van der Waals surface area contributed by atoms with Crippen LogP contribution in [0.3, 0.4) is 0 Å². The quantitative estimate of drug-likeness (QED) is 0.0261. The van der Waals surface area contributed by atoms with E-state index in [1.807, 2.05) is 6.08 Å². The second-order valence-electron chi connectivity index (χ2n) is 20.2. The summed E-state index contributed by atoms with van der Waals surface area (Å²) in [7, 11) is 0. The highest BCUT2D eigenvalue weighted by Gasteiger charge is 2.19. The van der Waals surface area contributed by atoms with E-state index >= 15 is 0 Å². The van der Waals surface area contributed by atoms with E-state index in [1.54, 1.807) is 0 Å².